The van der Waals surface area contributed by atoms with Crippen molar-refractivity contribution in [2.75, 3.05) is 21.0 Å². The molecule has 148 valence electrons. The average Bonchev–Trinajstić information content (AvgIpc) is 3.47. The van der Waals surface area contributed by atoms with Gasteiger partial charge in [0.25, 0.3) is 0 Å². The number of hydrogen-bond acceptors (Lipinski definition) is 8. The molecule has 0 radical (unpaired) electrons. The molecule has 0 unspecified atom stereocenters. The highest BCUT2D eigenvalue weighted by Crippen LogP contribution is 2.36. The van der Waals surface area contributed by atoms with Crippen molar-refractivity contribution in [2.45, 2.75) is 6.61 Å². The Bertz CT molecular complexity index is 1190. The van der Waals surface area contributed by atoms with Crippen molar-refractivity contribution < 1.29 is 23.7 Å². The van der Waals surface area contributed by atoms with Crippen molar-refractivity contribution in [2.24, 2.45) is 0 Å². The maximum Gasteiger partial charge on any atom is 0.231 e. The van der Waals surface area contributed by atoms with Crippen molar-refractivity contribution in [3.8, 4) is 39.2 Å². The summed E-state index contributed by atoms with van der Waals surface area (Å²) in [5.41, 5.74) is 1.01. The van der Waals surface area contributed by atoms with Crippen LogP contribution in [0.2, 0.25) is 0 Å². The Morgan fingerprint density at radius 2 is 1.86 bits per heavy atom. The Balaban J connectivity index is 1.39. The number of benzene rings is 2. The minimum Gasteiger partial charge on any atom is -0.493 e. The number of rotatable bonds is 6. The molecule has 29 heavy (non-hydrogen) atoms. The largest absolute Gasteiger partial charge is 0.493 e. The fraction of sp³-hybridized carbons (Fsp3) is 0.200. The van der Waals surface area contributed by atoms with E-state index in [1.807, 2.05) is 47.0 Å². The molecule has 0 aliphatic carbocycles. The van der Waals surface area contributed by atoms with Crippen molar-refractivity contribution in [1.29, 1.82) is 0 Å². The highest BCUT2D eigenvalue weighted by molar-refractivity contribution is 7.20. The van der Waals surface area contributed by atoms with Gasteiger partial charge in [-0.2, -0.15) is 0 Å². The van der Waals surface area contributed by atoms with Crippen LogP contribution in [0.15, 0.2) is 42.6 Å². The molecule has 1 aliphatic rings. The predicted molar refractivity (Wildman–Crippen MR) is 106 cm³/mol. The van der Waals surface area contributed by atoms with Crippen LogP contribution in [0.3, 0.4) is 0 Å². The molecule has 2 aromatic heterocycles. The Labute approximate surface area is 170 Å². The molecule has 5 rings (SSSR count). The van der Waals surface area contributed by atoms with Gasteiger partial charge in [0, 0.05) is 12.3 Å². The second-order valence-corrected chi connectivity index (χ2v) is 7.25. The third-order valence-electron chi connectivity index (χ3n) is 4.56. The molecule has 0 spiro atoms. The van der Waals surface area contributed by atoms with Gasteiger partial charge in [0.1, 0.15) is 12.4 Å². The van der Waals surface area contributed by atoms with Crippen LogP contribution in [0.1, 0.15) is 5.82 Å². The van der Waals surface area contributed by atoms with Crippen LogP contribution in [0.4, 0.5) is 0 Å². The normalized spacial score (nSPS) is 12.3. The van der Waals surface area contributed by atoms with Crippen LogP contribution < -0.4 is 23.7 Å². The van der Waals surface area contributed by atoms with E-state index in [2.05, 4.69) is 10.2 Å². The number of nitrogens with zero attached hydrogens (tertiary/aromatic N) is 3. The van der Waals surface area contributed by atoms with Gasteiger partial charge in [-0.1, -0.05) is 11.3 Å². The van der Waals surface area contributed by atoms with E-state index in [-0.39, 0.29) is 13.4 Å². The van der Waals surface area contributed by atoms with Crippen LogP contribution in [-0.4, -0.2) is 35.6 Å². The smallest absolute Gasteiger partial charge is 0.231 e. The molecule has 0 amide bonds. The van der Waals surface area contributed by atoms with E-state index < -0.39 is 0 Å². The molecule has 0 bridgehead atoms. The molecule has 3 heterocycles. The monoisotopic (exact) mass is 411 g/mol. The quantitative estimate of drug-likeness (QED) is 0.478. The number of thiazole rings is 1. The molecule has 0 fully saturated rings. The lowest BCUT2D eigenvalue weighted by atomic mass is 10.2. The van der Waals surface area contributed by atoms with E-state index in [9.17, 15) is 0 Å². The molecule has 9 heteroatoms. The van der Waals surface area contributed by atoms with Crippen molar-refractivity contribution in [1.82, 2.24) is 14.6 Å². The van der Waals surface area contributed by atoms with E-state index in [1.165, 1.54) is 0 Å². The molecular weight excluding hydrogens is 394 g/mol. The van der Waals surface area contributed by atoms with Crippen molar-refractivity contribution >= 4 is 16.3 Å². The van der Waals surface area contributed by atoms with Crippen LogP contribution >= 0.6 is 11.3 Å². The summed E-state index contributed by atoms with van der Waals surface area (Å²) in [6.45, 7) is 0.514. The van der Waals surface area contributed by atoms with Crippen molar-refractivity contribution in [3.63, 3.8) is 0 Å². The first-order valence-electron chi connectivity index (χ1n) is 8.83. The fourth-order valence-corrected chi connectivity index (χ4v) is 4.02. The second-order valence-electron chi connectivity index (χ2n) is 6.24. The number of aromatic nitrogens is 3. The fourth-order valence-electron chi connectivity index (χ4n) is 3.08. The van der Waals surface area contributed by atoms with Gasteiger partial charge in [-0.15, -0.1) is 10.2 Å². The first-order valence-corrected chi connectivity index (χ1v) is 9.65. The lowest BCUT2D eigenvalue weighted by molar-refractivity contribution is 0.173. The summed E-state index contributed by atoms with van der Waals surface area (Å²) in [5.74, 6) is 4.17. The third kappa shape index (κ3) is 3.19. The highest BCUT2D eigenvalue weighted by atomic mass is 32.1. The standard InChI is InChI=1S/C20H17N3O5S/c1-24-14-5-3-12(7-16(14)25-2)18-9-23-19(21-22-20(23)29-18)10-26-13-4-6-15-17(8-13)28-11-27-15/h3-9H,10-11H2,1-2H3. The molecule has 0 saturated carbocycles. The topological polar surface area (TPSA) is 76.3 Å². The highest BCUT2D eigenvalue weighted by Gasteiger charge is 2.16. The van der Waals surface area contributed by atoms with E-state index in [1.54, 1.807) is 25.6 Å². The SMILES string of the molecule is COc1ccc(-c2cn3c(COc4ccc5c(c4)OCO5)nnc3s2)cc1OC. The Kier molecular flexibility index (Phi) is 4.36. The molecular formula is C20H17N3O5S. The molecule has 0 saturated heterocycles. The second kappa shape index (κ2) is 7.17. The minimum absolute atomic E-state index is 0.234. The molecule has 1 aliphatic heterocycles. The third-order valence-corrected chi connectivity index (χ3v) is 5.58. The lowest BCUT2D eigenvalue weighted by Crippen LogP contribution is -2.00. The zero-order valence-corrected chi connectivity index (χ0v) is 16.6. The van der Waals surface area contributed by atoms with Crippen molar-refractivity contribution in [3.05, 3.63) is 48.4 Å². The molecule has 8 nitrogen and oxygen atoms in total. The zero-order valence-electron chi connectivity index (χ0n) is 15.7. The number of methoxy groups -OCH3 is 2. The molecule has 0 N–H and O–H groups in total. The minimum atomic E-state index is 0.234. The Hall–Kier alpha value is -3.46. The summed E-state index contributed by atoms with van der Waals surface area (Å²) < 4.78 is 29.2. The van der Waals surface area contributed by atoms with Gasteiger partial charge < -0.3 is 23.7 Å². The number of hydrogen-bond donors (Lipinski definition) is 0. The van der Waals surface area contributed by atoms with E-state index in [0.29, 0.717) is 28.8 Å². The Morgan fingerprint density at radius 1 is 1.00 bits per heavy atom. The summed E-state index contributed by atoms with van der Waals surface area (Å²) in [5, 5.41) is 8.50. The first-order chi connectivity index (χ1) is 14.2. The van der Waals surface area contributed by atoms with Gasteiger partial charge in [0.05, 0.1) is 19.1 Å². The first kappa shape index (κ1) is 17.6. The lowest BCUT2D eigenvalue weighted by Gasteiger charge is -2.08. The summed E-state index contributed by atoms with van der Waals surface area (Å²) in [7, 11) is 3.24. The molecule has 4 aromatic rings. The van der Waals surface area contributed by atoms with Gasteiger partial charge in [-0.05, 0) is 35.9 Å². The predicted octanol–water partition coefficient (Wildman–Crippen LogP) is 3.78. The summed E-state index contributed by atoms with van der Waals surface area (Å²) >= 11 is 1.54. The van der Waals surface area contributed by atoms with Crippen LogP contribution in [0, 0.1) is 0 Å². The van der Waals surface area contributed by atoms with Gasteiger partial charge in [-0.3, -0.25) is 4.40 Å². The summed E-state index contributed by atoms with van der Waals surface area (Å²) in [4.78, 5) is 1.83. The van der Waals surface area contributed by atoms with E-state index in [4.69, 9.17) is 23.7 Å². The maximum atomic E-state index is 5.87. The van der Waals surface area contributed by atoms with Gasteiger partial charge in [-0.25, -0.2) is 0 Å². The number of ether oxygens (including phenoxy) is 5. The summed E-state index contributed by atoms with van der Waals surface area (Å²) in [6, 6.07) is 11.3. The maximum absolute atomic E-state index is 5.87. The zero-order chi connectivity index (χ0) is 19.8. The Morgan fingerprint density at radius 3 is 2.72 bits per heavy atom. The van der Waals surface area contributed by atoms with Gasteiger partial charge in [0.2, 0.25) is 11.8 Å². The van der Waals surface area contributed by atoms with Gasteiger partial charge >= 0.3 is 0 Å². The summed E-state index contributed by atoms with van der Waals surface area (Å²) in [6.07, 6.45) is 2.00. The van der Waals surface area contributed by atoms with Crippen LogP contribution in [-0.2, 0) is 6.61 Å². The van der Waals surface area contributed by atoms with Crippen LogP contribution in [0.25, 0.3) is 15.4 Å². The average molecular weight is 411 g/mol. The molecule has 0 atom stereocenters. The van der Waals surface area contributed by atoms with E-state index in [0.717, 1.165) is 21.2 Å². The van der Waals surface area contributed by atoms with E-state index >= 15 is 0 Å². The molecule has 2 aromatic carbocycles. The van der Waals surface area contributed by atoms with Gasteiger partial charge in [0.15, 0.2) is 28.8 Å². The number of fused-ring (bicyclic) bond motifs is 2. The van der Waals surface area contributed by atoms with Crippen LogP contribution in [0.5, 0.6) is 28.7 Å².